The third-order valence-corrected chi connectivity index (χ3v) is 1.22. The van der Waals surface area contributed by atoms with Gasteiger partial charge in [0, 0.05) is 6.21 Å². The van der Waals surface area contributed by atoms with Gasteiger partial charge in [-0.1, -0.05) is 13.8 Å². The van der Waals surface area contributed by atoms with Gasteiger partial charge in [0.15, 0.2) is 0 Å². The van der Waals surface area contributed by atoms with Crippen LogP contribution in [0.25, 0.3) is 0 Å². The molecule has 9 heavy (non-hydrogen) atoms. The van der Waals surface area contributed by atoms with Crippen LogP contribution in [0.2, 0.25) is 0 Å². The second-order valence-electron chi connectivity index (χ2n) is 1.79. The van der Waals surface area contributed by atoms with Crippen LogP contribution in [-0.4, -0.2) is 6.21 Å². The summed E-state index contributed by atoms with van der Waals surface area (Å²) in [5.74, 6) is 0. The van der Waals surface area contributed by atoms with Gasteiger partial charge in [0.05, 0.1) is 0 Å². The largest absolute Gasteiger partial charge is 0.308 e. The molecule has 0 heterocycles. The van der Waals surface area contributed by atoms with Crippen molar-refractivity contribution in [1.29, 1.82) is 5.41 Å². The predicted molar refractivity (Wildman–Crippen MR) is 41.0 cm³/mol. The fourth-order valence-corrected chi connectivity index (χ4v) is 0.614. The molecule has 0 fully saturated rings. The van der Waals surface area contributed by atoms with E-state index in [4.69, 9.17) is 5.41 Å². The van der Waals surface area contributed by atoms with Gasteiger partial charge in [-0.05, 0) is 24.5 Å². The molecule has 0 radical (unpaired) electrons. The zero-order valence-corrected chi connectivity index (χ0v) is 6.07. The van der Waals surface area contributed by atoms with Gasteiger partial charge in [-0.2, -0.15) is 0 Å². The first kappa shape index (κ1) is 8.19. The van der Waals surface area contributed by atoms with E-state index in [1.165, 1.54) is 11.8 Å². The Balaban J connectivity index is 4.05. The lowest BCUT2D eigenvalue weighted by atomic mass is 10.2. The maximum absolute atomic E-state index is 6.69. The van der Waals surface area contributed by atoms with Crippen LogP contribution in [-0.2, 0) is 0 Å². The molecule has 0 aliphatic rings. The molecular formula is C8H13N. The first-order valence-corrected chi connectivity index (χ1v) is 3.28. The Morgan fingerprint density at radius 2 is 2.00 bits per heavy atom. The number of hydrogen-bond acceptors (Lipinski definition) is 1. The second-order valence-corrected chi connectivity index (χ2v) is 1.79. The van der Waals surface area contributed by atoms with Crippen LogP contribution in [0.15, 0.2) is 17.4 Å². The summed E-state index contributed by atoms with van der Waals surface area (Å²) in [6.07, 6.45) is 4.98. The molecule has 0 saturated carbocycles. The molecule has 0 saturated heterocycles. The average molecular weight is 123 g/mol. The minimum atomic E-state index is 1.04. The molecule has 1 N–H and O–H groups in total. The van der Waals surface area contributed by atoms with Crippen molar-refractivity contribution < 1.29 is 0 Å². The van der Waals surface area contributed by atoms with E-state index >= 15 is 0 Å². The first-order chi connectivity index (χ1) is 4.35. The molecule has 0 aromatic rings. The molecule has 1 nitrogen and oxygen atoms in total. The van der Waals surface area contributed by atoms with Gasteiger partial charge in [-0.25, -0.2) is 0 Å². The fourth-order valence-electron chi connectivity index (χ4n) is 0.614. The Bertz CT molecular complexity index is 133. The summed E-state index contributed by atoms with van der Waals surface area (Å²) >= 11 is 0. The maximum atomic E-state index is 6.69. The van der Waals surface area contributed by atoms with Crippen LogP contribution in [0, 0.1) is 5.41 Å². The lowest BCUT2D eigenvalue weighted by Gasteiger charge is -1.90. The number of hydrogen-bond donors (Lipinski definition) is 1. The van der Waals surface area contributed by atoms with E-state index in [0.717, 1.165) is 12.8 Å². The van der Waals surface area contributed by atoms with Crippen LogP contribution < -0.4 is 0 Å². The second kappa shape index (κ2) is 5.33. The molecule has 0 rings (SSSR count). The summed E-state index contributed by atoms with van der Waals surface area (Å²) in [7, 11) is 0. The highest BCUT2D eigenvalue weighted by Gasteiger charge is 1.82. The van der Waals surface area contributed by atoms with E-state index in [9.17, 15) is 0 Å². The molecule has 0 spiro atoms. The summed E-state index contributed by atoms with van der Waals surface area (Å²) < 4.78 is 0. The standard InChI is InChI=1S/C8H13N/c1-3-8(4-2)6-5-7-9/h5,7,9H,3-4H2,1-2H3. The monoisotopic (exact) mass is 123 g/mol. The Hall–Kier alpha value is -0.810. The number of rotatable bonds is 3. The number of nitrogens with one attached hydrogen (secondary N) is 1. The molecule has 0 unspecified atom stereocenters. The van der Waals surface area contributed by atoms with Gasteiger partial charge in [0.25, 0.3) is 0 Å². The summed E-state index contributed by atoms with van der Waals surface area (Å²) in [4.78, 5) is 0. The van der Waals surface area contributed by atoms with Crippen molar-refractivity contribution in [3.05, 3.63) is 17.4 Å². The summed E-state index contributed by atoms with van der Waals surface area (Å²) in [6, 6.07) is 0. The third-order valence-electron chi connectivity index (χ3n) is 1.22. The molecule has 0 aliphatic heterocycles. The van der Waals surface area contributed by atoms with Crippen LogP contribution >= 0.6 is 0 Å². The van der Waals surface area contributed by atoms with Gasteiger partial charge in [0.1, 0.15) is 0 Å². The van der Waals surface area contributed by atoms with Gasteiger partial charge in [0.2, 0.25) is 0 Å². The number of allylic oxidation sites excluding steroid dienone is 1. The van der Waals surface area contributed by atoms with E-state index in [1.807, 2.05) is 0 Å². The fraction of sp³-hybridized carbons (Fsp3) is 0.500. The summed E-state index contributed by atoms with van der Waals surface area (Å²) in [5, 5.41) is 6.69. The Labute approximate surface area is 56.6 Å². The molecule has 50 valence electrons. The van der Waals surface area contributed by atoms with Gasteiger partial charge >= 0.3 is 0 Å². The quantitative estimate of drug-likeness (QED) is 0.440. The Morgan fingerprint density at radius 1 is 1.44 bits per heavy atom. The highest BCUT2D eigenvalue weighted by atomic mass is 14.3. The molecule has 0 amide bonds. The predicted octanol–water partition coefficient (Wildman–Crippen LogP) is 2.54. The van der Waals surface area contributed by atoms with Gasteiger partial charge in [-0.3, -0.25) is 0 Å². The molecule has 0 aliphatic carbocycles. The van der Waals surface area contributed by atoms with Crippen molar-refractivity contribution in [2.45, 2.75) is 26.7 Å². The topological polar surface area (TPSA) is 23.9 Å². The van der Waals surface area contributed by atoms with Crippen LogP contribution in [0.1, 0.15) is 26.7 Å². The van der Waals surface area contributed by atoms with Crippen molar-refractivity contribution >= 4 is 6.21 Å². The smallest absolute Gasteiger partial charge is 0.0254 e. The van der Waals surface area contributed by atoms with Gasteiger partial charge in [-0.15, -0.1) is 5.73 Å². The zero-order valence-electron chi connectivity index (χ0n) is 6.07. The van der Waals surface area contributed by atoms with E-state index in [1.54, 1.807) is 6.08 Å². The molecule has 1 heteroatoms. The third kappa shape index (κ3) is 3.75. The Morgan fingerprint density at radius 3 is 2.33 bits per heavy atom. The van der Waals surface area contributed by atoms with E-state index in [-0.39, 0.29) is 0 Å². The highest BCUT2D eigenvalue weighted by molar-refractivity contribution is 5.67. The minimum absolute atomic E-state index is 1.04. The first-order valence-electron chi connectivity index (χ1n) is 3.28. The van der Waals surface area contributed by atoms with Crippen molar-refractivity contribution in [2.75, 3.05) is 0 Å². The van der Waals surface area contributed by atoms with E-state index in [0.29, 0.717) is 0 Å². The normalized spacial score (nSPS) is 7.78. The van der Waals surface area contributed by atoms with E-state index in [2.05, 4.69) is 19.6 Å². The van der Waals surface area contributed by atoms with Crippen molar-refractivity contribution in [3.8, 4) is 0 Å². The van der Waals surface area contributed by atoms with Crippen LogP contribution in [0.5, 0.6) is 0 Å². The van der Waals surface area contributed by atoms with Crippen LogP contribution in [0.4, 0.5) is 0 Å². The van der Waals surface area contributed by atoms with E-state index < -0.39 is 0 Å². The minimum Gasteiger partial charge on any atom is -0.308 e. The summed E-state index contributed by atoms with van der Waals surface area (Å²) in [5.41, 5.74) is 4.29. The molecule has 0 aromatic heterocycles. The van der Waals surface area contributed by atoms with Crippen molar-refractivity contribution in [1.82, 2.24) is 0 Å². The lowest BCUT2D eigenvalue weighted by Crippen LogP contribution is -1.72. The van der Waals surface area contributed by atoms with Gasteiger partial charge < -0.3 is 5.41 Å². The molecule has 0 atom stereocenters. The lowest BCUT2D eigenvalue weighted by molar-refractivity contribution is 0.982. The van der Waals surface area contributed by atoms with Crippen molar-refractivity contribution in [3.63, 3.8) is 0 Å². The van der Waals surface area contributed by atoms with Crippen LogP contribution in [0.3, 0.4) is 0 Å². The molecule has 0 bridgehead atoms. The zero-order chi connectivity index (χ0) is 7.11. The summed E-state index contributed by atoms with van der Waals surface area (Å²) in [6.45, 7) is 4.20. The van der Waals surface area contributed by atoms with Crippen molar-refractivity contribution in [2.24, 2.45) is 0 Å². The molecule has 0 aromatic carbocycles. The molecular weight excluding hydrogens is 110 g/mol. The average Bonchev–Trinajstić information content (AvgIpc) is 1.91. The maximum Gasteiger partial charge on any atom is 0.0254 e. The highest BCUT2D eigenvalue weighted by Crippen LogP contribution is 2.01. The SMILES string of the molecule is CCC(=C=CC=N)CC. The Kier molecular flexibility index (Phi) is 4.85.